The molecule has 0 aliphatic rings. The molecule has 2 aromatic heterocycles. The summed E-state index contributed by atoms with van der Waals surface area (Å²) in [5.74, 6) is 0.689. The first-order valence-electron chi connectivity index (χ1n) is 7.14. The zero-order valence-electron chi connectivity index (χ0n) is 12.8. The van der Waals surface area contributed by atoms with Crippen molar-refractivity contribution in [1.29, 1.82) is 0 Å². The van der Waals surface area contributed by atoms with Gasteiger partial charge in [0.1, 0.15) is 11.6 Å². The van der Waals surface area contributed by atoms with E-state index in [1.807, 2.05) is 0 Å². The molecular formula is C14H15FN6O2S. The average molecular weight is 350 g/mol. The second-order valence-electron chi connectivity index (χ2n) is 4.96. The molecule has 3 aromatic rings. The van der Waals surface area contributed by atoms with E-state index < -0.39 is 15.8 Å². The minimum absolute atomic E-state index is 0.00518. The molecule has 0 saturated carbocycles. The lowest BCUT2D eigenvalue weighted by atomic mass is 10.4. The highest BCUT2D eigenvalue weighted by Crippen LogP contribution is 2.10. The van der Waals surface area contributed by atoms with Gasteiger partial charge in [-0.15, -0.1) is 15.3 Å². The minimum Gasteiger partial charge on any atom is -0.372 e. The molecule has 0 aliphatic carbocycles. The van der Waals surface area contributed by atoms with Gasteiger partial charge in [-0.2, -0.15) is 4.52 Å². The summed E-state index contributed by atoms with van der Waals surface area (Å²) in [5, 5.41) is 15.2. The molecule has 0 aliphatic heterocycles. The second kappa shape index (κ2) is 6.49. The Hall–Kier alpha value is -2.59. The van der Waals surface area contributed by atoms with Gasteiger partial charge in [0, 0.05) is 20.0 Å². The first-order chi connectivity index (χ1) is 11.5. The molecule has 1 aromatic carbocycles. The Morgan fingerprint density at radius 1 is 1.12 bits per heavy atom. The van der Waals surface area contributed by atoms with Crippen molar-refractivity contribution >= 4 is 21.5 Å². The van der Waals surface area contributed by atoms with Gasteiger partial charge in [0.25, 0.3) is 0 Å². The number of aromatic nitrogens is 4. The summed E-state index contributed by atoms with van der Waals surface area (Å²) in [6.45, 7) is 0.117. The number of nitrogens with zero attached hydrogens (tertiary/aromatic N) is 4. The fourth-order valence-electron chi connectivity index (χ4n) is 2.12. The van der Waals surface area contributed by atoms with Crippen molar-refractivity contribution in [2.24, 2.45) is 0 Å². The van der Waals surface area contributed by atoms with Gasteiger partial charge < -0.3 is 5.32 Å². The minimum atomic E-state index is -3.70. The van der Waals surface area contributed by atoms with Crippen molar-refractivity contribution in [3.05, 3.63) is 48.0 Å². The molecule has 0 fully saturated rings. The lowest BCUT2D eigenvalue weighted by Crippen LogP contribution is -2.26. The van der Waals surface area contributed by atoms with Gasteiger partial charge in [0.2, 0.25) is 10.0 Å². The normalized spacial score (nSPS) is 11.8. The summed E-state index contributed by atoms with van der Waals surface area (Å²) < 4.78 is 41.2. The number of sulfonamides is 1. The van der Waals surface area contributed by atoms with Gasteiger partial charge in [0.15, 0.2) is 11.5 Å². The third-order valence-electron chi connectivity index (χ3n) is 3.35. The standard InChI is InChI=1S/C14H15FN6O2S/c1-16-12-6-7-13-18-19-14(21(13)20-12)8-9-17-24(22,23)11-4-2-10(15)3-5-11/h2-7,17H,8-9H2,1H3,(H,16,20). The maximum Gasteiger partial charge on any atom is 0.240 e. The number of anilines is 1. The number of nitrogens with one attached hydrogen (secondary N) is 2. The fourth-order valence-corrected chi connectivity index (χ4v) is 3.15. The van der Waals surface area contributed by atoms with Crippen LogP contribution in [0, 0.1) is 5.82 Å². The maximum absolute atomic E-state index is 12.9. The number of rotatable bonds is 6. The van der Waals surface area contributed by atoms with Crippen LogP contribution in [0.2, 0.25) is 0 Å². The fraction of sp³-hybridized carbons (Fsp3) is 0.214. The van der Waals surface area contributed by atoms with Gasteiger partial charge in [-0.05, 0) is 36.4 Å². The Morgan fingerprint density at radius 2 is 1.88 bits per heavy atom. The van der Waals surface area contributed by atoms with Gasteiger partial charge in [-0.1, -0.05) is 0 Å². The lowest BCUT2D eigenvalue weighted by Gasteiger charge is -2.06. The maximum atomic E-state index is 12.9. The van der Waals surface area contributed by atoms with E-state index in [1.165, 1.54) is 12.1 Å². The van der Waals surface area contributed by atoms with Crippen LogP contribution in [0.1, 0.15) is 5.82 Å². The molecule has 0 bridgehead atoms. The van der Waals surface area contributed by atoms with E-state index in [0.29, 0.717) is 23.7 Å². The Bertz CT molecular complexity index is 955. The molecule has 0 spiro atoms. The van der Waals surface area contributed by atoms with Crippen LogP contribution in [-0.2, 0) is 16.4 Å². The van der Waals surface area contributed by atoms with Gasteiger partial charge in [-0.25, -0.2) is 17.5 Å². The quantitative estimate of drug-likeness (QED) is 0.683. The molecule has 0 radical (unpaired) electrons. The summed E-state index contributed by atoms with van der Waals surface area (Å²) in [7, 11) is -1.96. The molecular weight excluding hydrogens is 335 g/mol. The Balaban J connectivity index is 1.71. The predicted molar refractivity (Wildman–Crippen MR) is 85.6 cm³/mol. The summed E-state index contributed by atoms with van der Waals surface area (Å²) >= 11 is 0. The summed E-state index contributed by atoms with van der Waals surface area (Å²) in [5.41, 5.74) is 0.574. The van der Waals surface area contributed by atoms with E-state index in [4.69, 9.17) is 0 Å². The van der Waals surface area contributed by atoms with E-state index in [9.17, 15) is 12.8 Å². The highest BCUT2D eigenvalue weighted by molar-refractivity contribution is 7.89. The lowest BCUT2D eigenvalue weighted by molar-refractivity contribution is 0.579. The van der Waals surface area contributed by atoms with Crippen molar-refractivity contribution in [2.45, 2.75) is 11.3 Å². The summed E-state index contributed by atoms with van der Waals surface area (Å²) in [4.78, 5) is 0.00518. The monoisotopic (exact) mass is 350 g/mol. The zero-order valence-corrected chi connectivity index (χ0v) is 13.6. The predicted octanol–water partition coefficient (Wildman–Crippen LogP) is 0.826. The van der Waals surface area contributed by atoms with Crippen LogP contribution in [0.3, 0.4) is 0 Å². The molecule has 0 amide bonds. The number of hydrogen-bond acceptors (Lipinski definition) is 6. The SMILES string of the molecule is CNc1ccc2nnc(CCNS(=O)(=O)c3ccc(F)cc3)n2n1. The highest BCUT2D eigenvalue weighted by atomic mass is 32.2. The van der Waals surface area contributed by atoms with Crippen LogP contribution in [0.4, 0.5) is 10.2 Å². The van der Waals surface area contributed by atoms with Crippen LogP contribution in [-0.4, -0.2) is 41.8 Å². The third-order valence-corrected chi connectivity index (χ3v) is 4.83. The van der Waals surface area contributed by atoms with Crippen LogP contribution < -0.4 is 10.0 Å². The van der Waals surface area contributed by atoms with Crippen LogP contribution in [0.25, 0.3) is 5.65 Å². The van der Waals surface area contributed by atoms with Crippen LogP contribution >= 0.6 is 0 Å². The number of halogens is 1. The zero-order chi connectivity index (χ0) is 17.2. The number of benzene rings is 1. The Labute approximate surface area is 137 Å². The molecule has 24 heavy (non-hydrogen) atoms. The van der Waals surface area contributed by atoms with E-state index in [-0.39, 0.29) is 11.4 Å². The van der Waals surface area contributed by atoms with Crippen LogP contribution in [0.5, 0.6) is 0 Å². The highest BCUT2D eigenvalue weighted by Gasteiger charge is 2.14. The van der Waals surface area contributed by atoms with Crippen molar-refractivity contribution in [3.63, 3.8) is 0 Å². The molecule has 3 rings (SSSR count). The first kappa shape index (κ1) is 16.3. The third kappa shape index (κ3) is 3.34. The van der Waals surface area contributed by atoms with Gasteiger partial charge in [-0.3, -0.25) is 0 Å². The molecule has 0 unspecified atom stereocenters. The number of hydrogen-bond donors (Lipinski definition) is 2. The molecule has 0 atom stereocenters. The largest absolute Gasteiger partial charge is 0.372 e. The smallest absolute Gasteiger partial charge is 0.240 e. The van der Waals surface area contributed by atoms with Crippen molar-refractivity contribution in [3.8, 4) is 0 Å². The molecule has 0 saturated heterocycles. The molecule has 2 N–H and O–H groups in total. The van der Waals surface area contributed by atoms with Crippen LogP contribution in [0.15, 0.2) is 41.3 Å². The molecule has 10 heteroatoms. The first-order valence-corrected chi connectivity index (χ1v) is 8.62. The summed E-state index contributed by atoms with van der Waals surface area (Å²) in [6.07, 6.45) is 0.307. The second-order valence-corrected chi connectivity index (χ2v) is 6.72. The summed E-state index contributed by atoms with van der Waals surface area (Å²) in [6, 6.07) is 8.16. The molecule has 126 valence electrons. The Morgan fingerprint density at radius 3 is 2.58 bits per heavy atom. The number of fused-ring (bicyclic) bond motifs is 1. The van der Waals surface area contributed by atoms with Crippen molar-refractivity contribution in [2.75, 3.05) is 18.9 Å². The van der Waals surface area contributed by atoms with E-state index in [1.54, 1.807) is 23.7 Å². The topological polar surface area (TPSA) is 101 Å². The van der Waals surface area contributed by atoms with E-state index in [2.05, 4.69) is 25.3 Å². The van der Waals surface area contributed by atoms with Crippen molar-refractivity contribution in [1.82, 2.24) is 24.5 Å². The Kier molecular flexibility index (Phi) is 4.40. The molecule has 8 nitrogen and oxygen atoms in total. The molecule has 2 heterocycles. The van der Waals surface area contributed by atoms with E-state index >= 15 is 0 Å². The van der Waals surface area contributed by atoms with Gasteiger partial charge in [0.05, 0.1) is 4.90 Å². The van der Waals surface area contributed by atoms with Gasteiger partial charge >= 0.3 is 0 Å². The van der Waals surface area contributed by atoms with E-state index in [0.717, 1.165) is 12.1 Å². The van der Waals surface area contributed by atoms with Crippen molar-refractivity contribution < 1.29 is 12.8 Å². The average Bonchev–Trinajstić information content (AvgIpc) is 2.97.